The lowest BCUT2D eigenvalue weighted by atomic mass is 9.68. The van der Waals surface area contributed by atoms with Crippen molar-refractivity contribution in [1.82, 2.24) is 0 Å². The average Bonchev–Trinajstić information content (AvgIpc) is 2.28. The summed E-state index contributed by atoms with van der Waals surface area (Å²) in [6.45, 7) is 3.77. The predicted molar refractivity (Wildman–Crippen MR) is 65.0 cm³/mol. The molecule has 4 nitrogen and oxygen atoms in total. The van der Waals surface area contributed by atoms with Crippen molar-refractivity contribution in [2.24, 2.45) is 11.3 Å². The van der Waals surface area contributed by atoms with Crippen LogP contribution in [0.15, 0.2) is 0 Å². The van der Waals surface area contributed by atoms with Gasteiger partial charge in [-0.2, -0.15) is 0 Å². The molecule has 0 aromatic rings. The number of carboxylic acid groups (broad SMARTS) is 1. The molecule has 2 unspecified atom stereocenters. The van der Waals surface area contributed by atoms with E-state index >= 15 is 0 Å². The molecule has 0 aliphatic heterocycles. The summed E-state index contributed by atoms with van der Waals surface area (Å²) < 4.78 is 10.3. The quantitative estimate of drug-likeness (QED) is 0.698. The first-order valence-corrected chi connectivity index (χ1v) is 6.41. The molecule has 1 rings (SSSR count). The van der Waals surface area contributed by atoms with Crippen LogP contribution in [0.5, 0.6) is 0 Å². The fourth-order valence-corrected chi connectivity index (χ4v) is 2.70. The van der Waals surface area contributed by atoms with Crippen LogP contribution in [0.25, 0.3) is 0 Å². The molecule has 0 bridgehead atoms. The van der Waals surface area contributed by atoms with Crippen molar-refractivity contribution in [1.29, 1.82) is 0 Å². The topological polar surface area (TPSA) is 55.8 Å². The maximum Gasteiger partial charge on any atom is 0.309 e. The molecule has 1 aliphatic rings. The molecule has 0 aromatic carbocycles. The van der Waals surface area contributed by atoms with Crippen molar-refractivity contribution in [2.45, 2.75) is 39.0 Å². The molecule has 100 valence electrons. The Labute approximate surface area is 103 Å². The zero-order chi connectivity index (χ0) is 12.7. The van der Waals surface area contributed by atoms with E-state index in [1.807, 2.05) is 0 Å². The number of aliphatic carboxylic acids is 1. The van der Waals surface area contributed by atoms with Gasteiger partial charge >= 0.3 is 5.97 Å². The minimum atomic E-state index is -0.653. The van der Waals surface area contributed by atoms with Crippen LogP contribution in [-0.4, -0.2) is 38.0 Å². The molecule has 0 radical (unpaired) electrons. The number of rotatable bonds is 7. The van der Waals surface area contributed by atoms with Crippen molar-refractivity contribution in [3.8, 4) is 0 Å². The van der Waals surface area contributed by atoms with Gasteiger partial charge in [-0.15, -0.1) is 0 Å². The molecule has 2 atom stereocenters. The number of carboxylic acids is 1. The van der Waals surface area contributed by atoms with Crippen LogP contribution in [0.2, 0.25) is 0 Å². The van der Waals surface area contributed by atoms with Gasteiger partial charge in [0, 0.05) is 13.7 Å². The van der Waals surface area contributed by atoms with Crippen LogP contribution in [0.1, 0.15) is 39.0 Å². The standard InChI is InChI=1S/C13H24O4/c1-11-4-3-5-13(10-11,12(14)15)6-7-17-9-8-16-2/h11H,3-10H2,1-2H3,(H,14,15). The van der Waals surface area contributed by atoms with Gasteiger partial charge in [0.05, 0.1) is 18.6 Å². The zero-order valence-electron chi connectivity index (χ0n) is 10.9. The zero-order valence-corrected chi connectivity index (χ0v) is 10.9. The first kappa shape index (κ1) is 14.5. The molecule has 1 aliphatic carbocycles. The maximum atomic E-state index is 11.5. The lowest BCUT2D eigenvalue weighted by molar-refractivity contribution is -0.153. The molecule has 17 heavy (non-hydrogen) atoms. The van der Waals surface area contributed by atoms with E-state index in [4.69, 9.17) is 9.47 Å². The molecular formula is C13H24O4. The highest BCUT2D eigenvalue weighted by Crippen LogP contribution is 2.42. The average molecular weight is 244 g/mol. The van der Waals surface area contributed by atoms with Crippen molar-refractivity contribution < 1.29 is 19.4 Å². The summed E-state index contributed by atoms with van der Waals surface area (Å²) in [6.07, 6.45) is 4.37. The van der Waals surface area contributed by atoms with Crippen LogP contribution >= 0.6 is 0 Å². The van der Waals surface area contributed by atoms with E-state index in [0.29, 0.717) is 32.2 Å². The lowest BCUT2D eigenvalue weighted by Crippen LogP contribution is -2.37. The minimum Gasteiger partial charge on any atom is -0.481 e. The van der Waals surface area contributed by atoms with Crippen LogP contribution in [0.4, 0.5) is 0 Å². The van der Waals surface area contributed by atoms with Gasteiger partial charge in [0.15, 0.2) is 0 Å². The molecule has 4 heteroatoms. The Hall–Kier alpha value is -0.610. The van der Waals surface area contributed by atoms with Gasteiger partial charge in [0.2, 0.25) is 0 Å². The van der Waals surface area contributed by atoms with Gasteiger partial charge in [-0.25, -0.2) is 0 Å². The molecule has 1 N–H and O–H groups in total. The van der Waals surface area contributed by atoms with E-state index in [-0.39, 0.29) is 0 Å². The monoisotopic (exact) mass is 244 g/mol. The number of hydrogen-bond donors (Lipinski definition) is 1. The SMILES string of the molecule is COCCOCCC1(C(=O)O)CCCC(C)C1. The first-order valence-electron chi connectivity index (χ1n) is 6.41. The molecule has 0 amide bonds. The third-order valence-corrected chi connectivity index (χ3v) is 3.70. The largest absolute Gasteiger partial charge is 0.481 e. The number of ether oxygens (including phenoxy) is 2. The predicted octanol–water partition coefficient (Wildman–Crippen LogP) is 2.32. The normalized spacial score (nSPS) is 29.2. The fourth-order valence-electron chi connectivity index (χ4n) is 2.70. The Balaban J connectivity index is 2.40. The van der Waals surface area contributed by atoms with Crippen molar-refractivity contribution in [2.75, 3.05) is 26.9 Å². The fraction of sp³-hybridized carbons (Fsp3) is 0.923. The number of methoxy groups -OCH3 is 1. The van der Waals surface area contributed by atoms with Gasteiger partial charge in [0.25, 0.3) is 0 Å². The summed E-state index contributed by atoms with van der Waals surface area (Å²) in [5.41, 5.74) is -0.551. The highest BCUT2D eigenvalue weighted by atomic mass is 16.5. The van der Waals surface area contributed by atoms with Crippen molar-refractivity contribution in [3.63, 3.8) is 0 Å². The van der Waals surface area contributed by atoms with E-state index in [0.717, 1.165) is 25.7 Å². The first-order chi connectivity index (χ1) is 8.10. The Bertz CT molecular complexity index is 242. The Kier molecular flexibility index (Phi) is 5.92. The van der Waals surface area contributed by atoms with Crippen LogP contribution in [0.3, 0.4) is 0 Å². The molecule has 1 fully saturated rings. The Morgan fingerprint density at radius 3 is 2.76 bits per heavy atom. The Morgan fingerprint density at radius 2 is 2.18 bits per heavy atom. The number of hydrogen-bond acceptors (Lipinski definition) is 3. The van der Waals surface area contributed by atoms with E-state index in [2.05, 4.69) is 6.92 Å². The summed E-state index contributed by atoms with van der Waals surface area (Å²) in [5.74, 6) is -0.141. The molecule has 0 spiro atoms. The lowest BCUT2D eigenvalue weighted by Gasteiger charge is -2.36. The number of carbonyl (C=O) groups is 1. The van der Waals surface area contributed by atoms with Crippen LogP contribution < -0.4 is 0 Å². The van der Waals surface area contributed by atoms with Gasteiger partial charge in [-0.05, 0) is 25.2 Å². The summed E-state index contributed by atoms with van der Waals surface area (Å²) in [4.78, 5) is 11.5. The summed E-state index contributed by atoms with van der Waals surface area (Å²) in [6, 6.07) is 0. The van der Waals surface area contributed by atoms with Gasteiger partial charge in [-0.3, -0.25) is 4.79 Å². The summed E-state index contributed by atoms with van der Waals surface area (Å²) in [7, 11) is 1.63. The van der Waals surface area contributed by atoms with E-state index in [1.54, 1.807) is 7.11 Å². The van der Waals surface area contributed by atoms with Crippen molar-refractivity contribution in [3.05, 3.63) is 0 Å². The second kappa shape index (κ2) is 6.97. The molecule has 0 saturated heterocycles. The second-order valence-electron chi connectivity index (χ2n) is 5.14. The summed E-state index contributed by atoms with van der Waals surface area (Å²) in [5, 5.41) is 9.43. The second-order valence-corrected chi connectivity index (χ2v) is 5.14. The van der Waals surface area contributed by atoms with Crippen LogP contribution in [0, 0.1) is 11.3 Å². The van der Waals surface area contributed by atoms with E-state index < -0.39 is 11.4 Å². The van der Waals surface area contributed by atoms with Gasteiger partial charge < -0.3 is 14.6 Å². The smallest absolute Gasteiger partial charge is 0.309 e. The third kappa shape index (κ3) is 4.28. The minimum absolute atomic E-state index is 0.513. The molecular weight excluding hydrogens is 220 g/mol. The van der Waals surface area contributed by atoms with E-state index in [9.17, 15) is 9.90 Å². The summed E-state index contributed by atoms with van der Waals surface area (Å²) >= 11 is 0. The van der Waals surface area contributed by atoms with Crippen LogP contribution in [-0.2, 0) is 14.3 Å². The van der Waals surface area contributed by atoms with Crippen molar-refractivity contribution >= 4 is 5.97 Å². The molecule has 1 saturated carbocycles. The van der Waals surface area contributed by atoms with Gasteiger partial charge in [-0.1, -0.05) is 19.8 Å². The van der Waals surface area contributed by atoms with Gasteiger partial charge in [0.1, 0.15) is 0 Å². The highest BCUT2D eigenvalue weighted by Gasteiger charge is 2.41. The Morgan fingerprint density at radius 1 is 1.41 bits per heavy atom. The molecule has 0 heterocycles. The van der Waals surface area contributed by atoms with E-state index in [1.165, 1.54) is 0 Å². The molecule has 0 aromatic heterocycles. The third-order valence-electron chi connectivity index (χ3n) is 3.70. The highest BCUT2D eigenvalue weighted by molar-refractivity contribution is 5.74. The maximum absolute atomic E-state index is 11.5.